The molecule has 0 aliphatic heterocycles. The molecule has 1 N–H and O–H groups in total. The predicted molar refractivity (Wildman–Crippen MR) is 129 cm³/mol. The zero-order valence-electron chi connectivity index (χ0n) is 18.6. The molecule has 0 spiro atoms. The number of esters is 1. The third-order valence-electron chi connectivity index (χ3n) is 4.92. The minimum absolute atomic E-state index is 0.387. The third-order valence-corrected chi connectivity index (χ3v) is 4.92. The molecule has 1 unspecified atom stereocenters. The molecule has 0 amide bonds. The molecule has 0 saturated heterocycles. The smallest absolute Gasteiger partial charge is 0.328 e. The summed E-state index contributed by atoms with van der Waals surface area (Å²) in [6.07, 6.45) is 5.54. The zero-order valence-corrected chi connectivity index (χ0v) is 18.6. The van der Waals surface area contributed by atoms with E-state index in [1.54, 1.807) is 6.08 Å². The second-order valence-electron chi connectivity index (χ2n) is 7.46. The van der Waals surface area contributed by atoms with Gasteiger partial charge in [-0.25, -0.2) is 4.79 Å². The van der Waals surface area contributed by atoms with Crippen molar-refractivity contribution in [2.24, 2.45) is 0 Å². The second kappa shape index (κ2) is 11.5. The average molecular weight is 443 g/mol. The summed E-state index contributed by atoms with van der Waals surface area (Å²) in [4.78, 5) is 22.8. The molecule has 3 rings (SSSR count). The van der Waals surface area contributed by atoms with Crippen LogP contribution in [0.25, 0.3) is 12.2 Å². The lowest BCUT2D eigenvalue weighted by molar-refractivity contribution is -0.144. The second-order valence-corrected chi connectivity index (χ2v) is 7.46. The van der Waals surface area contributed by atoms with Gasteiger partial charge in [0.25, 0.3) is 0 Å². The predicted octanol–water partition coefficient (Wildman–Crippen LogP) is 5.99. The Morgan fingerprint density at radius 2 is 1.58 bits per heavy atom. The van der Waals surface area contributed by atoms with Crippen molar-refractivity contribution < 1.29 is 24.2 Å². The van der Waals surface area contributed by atoms with E-state index in [9.17, 15) is 9.59 Å². The van der Waals surface area contributed by atoms with Crippen LogP contribution in [0.2, 0.25) is 0 Å². The van der Waals surface area contributed by atoms with Crippen LogP contribution in [0, 0.1) is 6.92 Å². The van der Waals surface area contributed by atoms with Crippen LogP contribution >= 0.6 is 0 Å². The lowest BCUT2D eigenvalue weighted by atomic mass is 10.0. The maximum Gasteiger partial charge on any atom is 0.328 e. The summed E-state index contributed by atoms with van der Waals surface area (Å²) in [5.74, 6) is -0.776. The molecule has 5 nitrogen and oxygen atoms in total. The van der Waals surface area contributed by atoms with Crippen LogP contribution in [0.15, 0.2) is 84.9 Å². The minimum Gasteiger partial charge on any atom is -0.488 e. The van der Waals surface area contributed by atoms with Gasteiger partial charge in [-0.15, -0.1) is 0 Å². The molecule has 33 heavy (non-hydrogen) atoms. The maximum absolute atomic E-state index is 11.9. The molecule has 0 aliphatic rings. The highest BCUT2D eigenvalue weighted by Gasteiger charge is 2.18. The van der Waals surface area contributed by atoms with Gasteiger partial charge in [0.05, 0.1) is 0 Å². The van der Waals surface area contributed by atoms with Crippen LogP contribution in [0.3, 0.4) is 0 Å². The quantitative estimate of drug-likeness (QED) is 0.326. The third kappa shape index (κ3) is 6.94. The number of benzene rings is 3. The summed E-state index contributed by atoms with van der Waals surface area (Å²) in [6.45, 7) is 3.70. The molecular formula is C28H26O5. The van der Waals surface area contributed by atoms with Gasteiger partial charge in [-0.1, -0.05) is 78.9 Å². The van der Waals surface area contributed by atoms with Crippen molar-refractivity contribution in [2.45, 2.75) is 26.6 Å². The van der Waals surface area contributed by atoms with E-state index >= 15 is 0 Å². The lowest BCUT2D eigenvalue weighted by Crippen LogP contribution is -2.09. The Hall–Kier alpha value is -4.12. The Morgan fingerprint density at radius 3 is 2.24 bits per heavy atom. The average Bonchev–Trinajstić information content (AvgIpc) is 2.80. The summed E-state index contributed by atoms with van der Waals surface area (Å²) < 4.78 is 11.8. The van der Waals surface area contributed by atoms with Gasteiger partial charge in [-0.2, -0.15) is 0 Å². The summed E-state index contributed by atoms with van der Waals surface area (Å²) in [5, 5.41) is 8.94. The van der Waals surface area contributed by atoms with E-state index < -0.39 is 18.0 Å². The van der Waals surface area contributed by atoms with Crippen LogP contribution in [0.1, 0.15) is 40.8 Å². The van der Waals surface area contributed by atoms with Gasteiger partial charge >= 0.3 is 11.9 Å². The summed E-state index contributed by atoms with van der Waals surface area (Å²) >= 11 is 0. The number of carboxylic acid groups (broad SMARTS) is 1. The van der Waals surface area contributed by atoms with Crippen molar-refractivity contribution in [3.05, 3.63) is 113 Å². The Labute approximate surface area is 193 Å². The number of hydrogen-bond donors (Lipinski definition) is 1. The maximum atomic E-state index is 11.9. The molecule has 1 atom stereocenters. The van der Waals surface area contributed by atoms with E-state index in [0.29, 0.717) is 12.4 Å². The molecule has 0 aromatic heterocycles. The molecule has 0 radical (unpaired) electrons. The van der Waals surface area contributed by atoms with Crippen molar-refractivity contribution in [3.63, 3.8) is 0 Å². The van der Waals surface area contributed by atoms with Crippen molar-refractivity contribution in [3.8, 4) is 5.75 Å². The number of aliphatic carboxylic acids is 1. The van der Waals surface area contributed by atoms with Crippen LogP contribution in [-0.4, -0.2) is 17.0 Å². The Balaban J connectivity index is 1.93. The molecule has 3 aromatic rings. The zero-order chi connectivity index (χ0) is 23.6. The molecule has 0 fully saturated rings. The summed E-state index contributed by atoms with van der Waals surface area (Å²) in [5.41, 5.74) is 4.23. The fraction of sp³-hybridized carbons (Fsp3) is 0.143. The van der Waals surface area contributed by atoms with Crippen LogP contribution in [0.5, 0.6) is 5.75 Å². The first-order chi connectivity index (χ1) is 15.9. The number of carbonyl (C=O) groups excluding carboxylic acids is 1. The fourth-order valence-corrected chi connectivity index (χ4v) is 3.38. The molecule has 3 aromatic carbocycles. The summed E-state index contributed by atoms with van der Waals surface area (Å²) in [7, 11) is 0. The minimum atomic E-state index is -1.02. The topological polar surface area (TPSA) is 72.8 Å². The number of hydrogen-bond acceptors (Lipinski definition) is 4. The van der Waals surface area contributed by atoms with Crippen molar-refractivity contribution >= 4 is 24.1 Å². The molecular weight excluding hydrogens is 416 g/mol. The molecule has 0 heterocycles. The van der Waals surface area contributed by atoms with Crippen LogP contribution in [0.4, 0.5) is 0 Å². The van der Waals surface area contributed by atoms with Gasteiger partial charge in [-0.05, 0) is 41.3 Å². The van der Waals surface area contributed by atoms with Crippen LogP contribution < -0.4 is 4.74 Å². The van der Waals surface area contributed by atoms with Gasteiger partial charge in [0.2, 0.25) is 0 Å². The SMILES string of the molecule is CC(=O)OC(/C=C/c1ccccc1/C=C/C(=O)O)c1cccc(C)c1OCc1ccccc1. The molecule has 5 heteroatoms. The summed E-state index contributed by atoms with van der Waals surface area (Å²) in [6, 6.07) is 22.9. The van der Waals surface area contributed by atoms with Gasteiger partial charge in [0.1, 0.15) is 18.5 Å². The number of carbonyl (C=O) groups is 2. The number of carboxylic acids is 1. The van der Waals surface area contributed by atoms with Gasteiger partial charge in [0, 0.05) is 18.6 Å². The number of para-hydroxylation sites is 1. The normalized spacial score (nSPS) is 12.1. The Bertz CT molecular complexity index is 1160. The largest absolute Gasteiger partial charge is 0.488 e. The van der Waals surface area contributed by atoms with Crippen molar-refractivity contribution in [1.82, 2.24) is 0 Å². The highest BCUT2D eigenvalue weighted by atomic mass is 16.5. The van der Waals surface area contributed by atoms with Gasteiger partial charge in [0.15, 0.2) is 0 Å². The van der Waals surface area contributed by atoms with E-state index in [1.807, 2.05) is 85.8 Å². The first kappa shape index (κ1) is 23.5. The Morgan fingerprint density at radius 1 is 0.909 bits per heavy atom. The number of aryl methyl sites for hydroxylation is 1. The first-order valence-electron chi connectivity index (χ1n) is 10.6. The molecule has 0 saturated carbocycles. The van der Waals surface area contributed by atoms with E-state index in [1.165, 1.54) is 13.0 Å². The molecule has 168 valence electrons. The molecule has 0 aliphatic carbocycles. The van der Waals surface area contributed by atoms with E-state index in [-0.39, 0.29) is 0 Å². The van der Waals surface area contributed by atoms with E-state index in [4.69, 9.17) is 14.6 Å². The number of rotatable bonds is 9. The number of ether oxygens (including phenoxy) is 2. The van der Waals surface area contributed by atoms with E-state index in [2.05, 4.69) is 0 Å². The highest BCUT2D eigenvalue weighted by Crippen LogP contribution is 2.33. The van der Waals surface area contributed by atoms with E-state index in [0.717, 1.165) is 33.9 Å². The molecule has 0 bridgehead atoms. The lowest BCUT2D eigenvalue weighted by Gasteiger charge is -2.20. The van der Waals surface area contributed by atoms with Crippen LogP contribution in [-0.2, 0) is 20.9 Å². The van der Waals surface area contributed by atoms with Crippen molar-refractivity contribution in [1.29, 1.82) is 0 Å². The standard InChI is InChI=1S/C28H26O5/c1-20-9-8-14-25(28(20)32-19-22-10-4-3-5-11-22)26(33-21(2)29)17-15-23-12-6-7-13-24(23)16-18-27(30)31/h3-18,26H,19H2,1-2H3,(H,30,31)/b17-15+,18-16+. The highest BCUT2D eigenvalue weighted by molar-refractivity contribution is 5.86. The fourth-order valence-electron chi connectivity index (χ4n) is 3.38. The van der Waals surface area contributed by atoms with Gasteiger partial charge in [-0.3, -0.25) is 4.79 Å². The Kier molecular flexibility index (Phi) is 8.19. The van der Waals surface area contributed by atoms with Crippen molar-refractivity contribution in [2.75, 3.05) is 0 Å². The monoisotopic (exact) mass is 442 g/mol. The first-order valence-corrected chi connectivity index (χ1v) is 10.6. The van der Waals surface area contributed by atoms with Gasteiger partial charge < -0.3 is 14.6 Å².